The smallest absolute Gasteiger partial charge is 0.244 e. The number of nitrogens with one attached hydrogen (secondary N) is 1. The lowest BCUT2D eigenvalue weighted by Gasteiger charge is -2.17. The molecular formula is C11H12ClN5O2S2. The van der Waals surface area contributed by atoms with Crippen LogP contribution in [0, 0.1) is 0 Å². The van der Waals surface area contributed by atoms with Gasteiger partial charge in [-0.3, -0.25) is 5.10 Å². The van der Waals surface area contributed by atoms with Crippen LogP contribution in [0.3, 0.4) is 0 Å². The van der Waals surface area contributed by atoms with E-state index in [1.165, 1.54) is 25.5 Å². The summed E-state index contributed by atoms with van der Waals surface area (Å²) in [6.07, 6.45) is 1.30. The van der Waals surface area contributed by atoms with Crippen molar-refractivity contribution in [3.8, 4) is 0 Å². The highest BCUT2D eigenvalue weighted by atomic mass is 35.5. The zero-order valence-corrected chi connectivity index (χ0v) is 13.3. The fraction of sp³-hybridized carbons (Fsp3) is 0.182. The monoisotopic (exact) mass is 345 g/mol. The number of hydrogen-bond acceptors (Lipinski definition) is 5. The third-order valence-electron chi connectivity index (χ3n) is 2.74. The van der Waals surface area contributed by atoms with Crippen LogP contribution in [0.2, 0.25) is 5.02 Å². The van der Waals surface area contributed by atoms with Gasteiger partial charge in [0.15, 0.2) is 0 Å². The Balaban J connectivity index is 2.38. The second-order valence-corrected chi connectivity index (χ2v) is 7.06. The number of sulfonamides is 1. The van der Waals surface area contributed by atoms with Crippen molar-refractivity contribution in [1.82, 2.24) is 19.5 Å². The first-order chi connectivity index (χ1) is 9.82. The van der Waals surface area contributed by atoms with Crippen LogP contribution in [0.4, 0.5) is 0 Å². The average molecular weight is 346 g/mol. The van der Waals surface area contributed by atoms with Crippen LogP contribution in [0.1, 0.15) is 11.4 Å². The minimum atomic E-state index is -3.80. The summed E-state index contributed by atoms with van der Waals surface area (Å²) in [5.74, 6) is 0.419. The highest BCUT2D eigenvalue weighted by molar-refractivity contribution is 7.89. The maximum absolute atomic E-state index is 12.5. The zero-order chi connectivity index (χ0) is 15.6. The van der Waals surface area contributed by atoms with Crippen molar-refractivity contribution >= 4 is 38.8 Å². The van der Waals surface area contributed by atoms with Crippen molar-refractivity contribution in [3.63, 3.8) is 0 Å². The van der Waals surface area contributed by atoms with Crippen LogP contribution >= 0.6 is 23.8 Å². The Bertz CT molecular complexity index is 761. The van der Waals surface area contributed by atoms with Crippen molar-refractivity contribution in [2.45, 2.75) is 11.4 Å². The number of H-pyrrole nitrogens is 1. The Morgan fingerprint density at radius 3 is 2.81 bits per heavy atom. The second-order valence-electron chi connectivity index (χ2n) is 4.20. The molecule has 0 bridgehead atoms. The van der Waals surface area contributed by atoms with Crippen molar-refractivity contribution in [2.75, 3.05) is 7.05 Å². The zero-order valence-electron chi connectivity index (χ0n) is 10.9. The van der Waals surface area contributed by atoms with E-state index in [1.54, 1.807) is 6.07 Å². The van der Waals surface area contributed by atoms with E-state index in [2.05, 4.69) is 15.2 Å². The Morgan fingerprint density at radius 1 is 1.52 bits per heavy atom. The second kappa shape index (κ2) is 6.06. The number of aromatic nitrogens is 3. The maximum Gasteiger partial charge on any atom is 0.244 e. The van der Waals surface area contributed by atoms with E-state index in [-0.39, 0.29) is 21.5 Å². The van der Waals surface area contributed by atoms with Crippen molar-refractivity contribution < 1.29 is 8.42 Å². The lowest BCUT2D eigenvalue weighted by atomic mass is 10.2. The summed E-state index contributed by atoms with van der Waals surface area (Å²) >= 11 is 10.8. The normalized spacial score (nSPS) is 11.8. The SMILES string of the molecule is CN(Cc1ncn[nH]1)S(=O)(=O)c1cc(C(N)=S)ccc1Cl. The molecule has 2 rings (SSSR count). The fourth-order valence-electron chi connectivity index (χ4n) is 1.63. The lowest BCUT2D eigenvalue weighted by molar-refractivity contribution is 0.457. The molecule has 0 fully saturated rings. The number of rotatable bonds is 5. The van der Waals surface area contributed by atoms with Crippen LogP contribution in [0.5, 0.6) is 0 Å². The van der Waals surface area contributed by atoms with E-state index in [9.17, 15) is 8.42 Å². The Hall–Kier alpha value is -1.55. The van der Waals surface area contributed by atoms with Crippen molar-refractivity contribution in [2.24, 2.45) is 5.73 Å². The number of nitrogens with zero attached hydrogens (tertiary/aromatic N) is 3. The first-order valence-electron chi connectivity index (χ1n) is 5.72. The van der Waals surface area contributed by atoms with Crippen LogP contribution in [-0.2, 0) is 16.6 Å². The Kier molecular flexibility index (Phi) is 4.57. The molecule has 1 heterocycles. The van der Waals surface area contributed by atoms with E-state index >= 15 is 0 Å². The van der Waals surface area contributed by atoms with Gasteiger partial charge in [-0.25, -0.2) is 13.4 Å². The molecule has 112 valence electrons. The van der Waals surface area contributed by atoms with E-state index < -0.39 is 10.0 Å². The lowest BCUT2D eigenvalue weighted by Crippen LogP contribution is -2.27. The summed E-state index contributed by atoms with van der Waals surface area (Å²) in [6, 6.07) is 4.38. The molecule has 21 heavy (non-hydrogen) atoms. The number of aromatic amines is 1. The van der Waals surface area contributed by atoms with Crippen molar-refractivity contribution in [3.05, 3.63) is 40.9 Å². The molecule has 1 aromatic heterocycles. The third-order valence-corrected chi connectivity index (χ3v) is 5.26. The molecule has 0 atom stereocenters. The Labute approximate surface area is 132 Å². The van der Waals surface area contributed by atoms with Gasteiger partial charge in [0.2, 0.25) is 10.0 Å². The van der Waals surface area contributed by atoms with Gasteiger partial charge in [0.25, 0.3) is 0 Å². The third kappa shape index (κ3) is 3.38. The number of benzene rings is 1. The molecule has 0 amide bonds. The highest BCUT2D eigenvalue weighted by Crippen LogP contribution is 2.25. The van der Waals surface area contributed by atoms with Gasteiger partial charge in [-0.1, -0.05) is 29.9 Å². The summed E-state index contributed by atoms with van der Waals surface area (Å²) in [4.78, 5) is 3.92. The molecule has 0 saturated heterocycles. The molecule has 0 spiro atoms. The van der Waals surface area contributed by atoms with E-state index in [0.717, 1.165) is 4.31 Å². The Morgan fingerprint density at radius 2 is 2.24 bits per heavy atom. The van der Waals surface area contributed by atoms with Crippen LogP contribution in [-0.4, -0.2) is 39.9 Å². The van der Waals surface area contributed by atoms with Gasteiger partial charge < -0.3 is 5.73 Å². The van der Waals surface area contributed by atoms with Gasteiger partial charge in [-0.05, 0) is 12.1 Å². The summed E-state index contributed by atoms with van der Waals surface area (Å²) in [6.45, 7) is 0.0377. The summed E-state index contributed by atoms with van der Waals surface area (Å²) in [5, 5.41) is 6.36. The average Bonchev–Trinajstić information content (AvgIpc) is 2.91. The summed E-state index contributed by atoms with van der Waals surface area (Å²) in [5.41, 5.74) is 5.95. The maximum atomic E-state index is 12.5. The molecule has 0 unspecified atom stereocenters. The predicted octanol–water partition coefficient (Wildman–Crippen LogP) is 0.913. The van der Waals surface area contributed by atoms with Gasteiger partial charge >= 0.3 is 0 Å². The van der Waals surface area contributed by atoms with Gasteiger partial charge in [-0.15, -0.1) is 0 Å². The molecular weight excluding hydrogens is 334 g/mol. The van der Waals surface area contributed by atoms with Gasteiger partial charge in [0, 0.05) is 12.6 Å². The first-order valence-corrected chi connectivity index (χ1v) is 7.95. The van der Waals surface area contributed by atoms with E-state index in [1.807, 2.05) is 0 Å². The first kappa shape index (κ1) is 15.8. The fourth-order valence-corrected chi connectivity index (χ4v) is 3.38. The van der Waals surface area contributed by atoms with E-state index in [0.29, 0.717) is 11.4 Å². The van der Waals surface area contributed by atoms with Gasteiger partial charge in [0.1, 0.15) is 22.0 Å². The highest BCUT2D eigenvalue weighted by Gasteiger charge is 2.25. The molecule has 3 N–H and O–H groups in total. The molecule has 0 aliphatic carbocycles. The van der Waals surface area contributed by atoms with Gasteiger partial charge in [-0.2, -0.15) is 9.40 Å². The number of nitrogens with two attached hydrogens (primary N) is 1. The topological polar surface area (TPSA) is 105 Å². The quantitative estimate of drug-likeness (QED) is 0.780. The number of halogens is 1. The van der Waals surface area contributed by atoms with E-state index in [4.69, 9.17) is 29.6 Å². The molecule has 7 nitrogen and oxygen atoms in total. The summed E-state index contributed by atoms with van der Waals surface area (Å²) in [7, 11) is -2.39. The number of thiocarbonyl (C=S) groups is 1. The summed E-state index contributed by atoms with van der Waals surface area (Å²) < 4.78 is 26.2. The molecule has 0 aliphatic heterocycles. The van der Waals surface area contributed by atoms with Gasteiger partial charge in [0.05, 0.1) is 11.6 Å². The minimum Gasteiger partial charge on any atom is -0.389 e. The molecule has 0 saturated carbocycles. The van der Waals surface area contributed by atoms with Crippen LogP contribution in [0.15, 0.2) is 29.4 Å². The predicted molar refractivity (Wildman–Crippen MR) is 82.4 cm³/mol. The molecule has 1 aromatic carbocycles. The standard InChI is InChI=1S/C11H12ClN5O2S2/c1-17(5-10-14-6-15-16-10)21(18,19)9-4-7(11(13)20)2-3-8(9)12/h2-4,6H,5H2,1H3,(H2,13,20)(H,14,15,16). The molecule has 0 aliphatic rings. The molecule has 2 aromatic rings. The largest absolute Gasteiger partial charge is 0.389 e. The van der Waals surface area contributed by atoms with Crippen LogP contribution < -0.4 is 5.73 Å². The van der Waals surface area contributed by atoms with Crippen molar-refractivity contribution in [1.29, 1.82) is 0 Å². The minimum absolute atomic E-state index is 0.0377. The van der Waals surface area contributed by atoms with Crippen LogP contribution in [0.25, 0.3) is 0 Å². The number of hydrogen-bond donors (Lipinski definition) is 2. The molecule has 10 heteroatoms. The molecule has 0 radical (unpaired) electrons.